The van der Waals surface area contributed by atoms with Gasteiger partial charge in [0.15, 0.2) is 5.82 Å². The molecule has 6 heteroatoms. The molecule has 0 radical (unpaired) electrons. The molecule has 2 aromatic rings. The fourth-order valence-electron chi connectivity index (χ4n) is 1.33. The maximum Gasteiger partial charge on any atom is 0.167 e. The number of rotatable bonds is 2. The van der Waals surface area contributed by atoms with Gasteiger partial charge >= 0.3 is 0 Å². The Morgan fingerprint density at radius 1 is 1.38 bits per heavy atom. The van der Waals surface area contributed by atoms with E-state index in [0.717, 1.165) is 11.7 Å². The lowest BCUT2D eigenvalue weighted by Gasteiger charge is -2.01. The summed E-state index contributed by atoms with van der Waals surface area (Å²) in [5, 5.41) is 11.6. The summed E-state index contributed by atoms with van der Waals surface area (Å²) in [6.07, 6.45) is 0. The van der Waals surface area contributed by atoms with Gasteiger partial charge in [-0.3, -0.25) is 0 Å². The molecule has 0 atom stereocenters. The molecule has 2 rings (SSSR count). The molecule has 0 amide bonds. The average Bonchev–Trinajstić information content (AvgIpc) is 2.76. The Labute approximate surface area is 95.7 Å². The van der Waals surface area contributed by atoms with Crippen molar-refractivity contribution < 1.29 is 4.39 Å². The summed E-state index contributed by atoms with van der Waals surface area (Å²) < 4.78 is 21.3. The Morgan fingerprint density at radius 2 is 2.19 bits per heavy atom. The fraction of sp³-hybridized carbons (Fsp3) is 0.100. The second-order valence-electron chi connectivity index (χ2n) is 3.05. The van der Waals surface area contributed by atoms with Crippen molar-refractivity contribution in [3.8, 4) is 17.3 Å². The predicted octanol–water partition coefficient (Wildman–Crippen LogP) is 2.26. The molecule has 1 aromatic carbocycles. The van der Waals surface area contributed by atoms with E-state index in [1.807, 2.05) is 6.07 Å². The van der Waals surface area contributed by atoms with Crippen LogP contribution in [0.5, 0.6) is 0 Å². The number of nitriles is 1. The minimum Gasteiger partial charge on any atom is -0.370 e. The Hall–Kier alpha value is -2.00. The van der Waals surface area contributed by atoms with Crippen LogP contribution in [0, 0.1) is 17.1 Å². The third-order valence-corrected chi connectivity index (χ3v) is 2.55. The van der Waals surface area contributed by atoms with Gasteiger partial charge < -0.3 is 5.32 Å². The molecule has 4 nitrogen and oxygen atoms in total. The first kappa shape index (κ1) is 10.5. The van der Waals surface area contributed by atoms with Gasteiger partial charge in [0.1, 0.15) is 11.5 Å². The Bertz CT molecular complexity index is 558. The number of hydrogen-bond acceptors (Lipinski definition) is 5. The summed E-state index contributed by atoms with van der Waals surface area (Å²) in [6, 6.07) is 6.00. The van der Waals surface area contributed by atoms with Crippen LogP contribution in [-0.2, 0) is 0 Å². The summed E-state index contributed by atoms with van der Waals surface area (Å²) in [6.45, 7) is 0. The second kappa shape index (κ2) is 4.24. The molecule has 0 aliphatic heterocycles. The largest absolute Gasteiger partial charge is 0.370 e. The van der Waals surface area contributed by atoms with Crippen LogP contribution in [0.2, 0.25) is 0 Å². The molecular formula is C10H7FN4S. The number of halogens is 1. The highest BCUT2D eigenvalue weighted by Crippen LogP contribution is 2.26. The highest BCUT2D eigenvalue weighted by molar-refractivity contribution is 6.99. The lowest BCUT2D eigenvalue weighted by atomic mass is 10.1. The molecule has 1 aromatic heterocycles. The van der Waals surface area contributed by atoms with E-state index < -0.39 is 5.82 Å². The molecule has 0 spiro atoms. The van der Waals surface area contributed by atoms with E-state index in [1.54, 1.807) is 13.1 Å². The predicted molar refractivity (Wildman–Crippen MR) is 59.6 cm³/mol. The molecule has 0 saturated carbocycles. The number of nitrogens with one attached hydrogen (secondary N) is 1. The smallest absolute Gasteiger partial charge is 0.167 e. The van der Waals surface area contributed by atoms with Crippen LogP contribution >= 0.6 is 11.7 Å². The fourth-order valence-corrected chi connectivity index (χ4v) is 1.91. The van der Waals surface area contributed by atoms with E-state index in [9.17, 15) is 4.39 Å². The second-order valence-corrected chi connectivity index (χ2v) is 3.58. The van der Waals surface area contributed by atoms with Crippen LogP contribution in [0.4, 0.5) is 10.2 Å². The van der Waals surface area contributed by atoms with Crippen molar-refractivity contribution >= 4 is 17.5 Å². The molecule has 0 aliphatic carbocycles. The molecular weight excluding hydrogens is 227 g/mol. The van der Waals surface area contributed by atoms with E-state index >= 15 is 0 Å². The van der Waals surface area contributed by atoms with Gasteiger partial charge in [-0.25, -0.2) is 4.39 Å². The average molecular weight is 234 g/mol. The Balaban J connectivity index is 2.56. The van der Waals surface area contributed by atoms with Crippen molar-refractivity contribution in [2.45, 2.75) is 0 Å². The highest BCUT2D eigenvalue weighted by atomic mass is 32.1. The molecule has 80 valence electrons. The first-order valence-electron chi connectivity index (χ1n) is 4.46. The number of anilines is 1. The SMILES string of the molecule is CNc1nsnc1-c1cc(F)cc(C#N)c1. The first-order valence-corrected chi connectivity index (χ1v) is 5.19. The van der Waals surface area contributed by atoms with Crippen LogP contribution in [0.1, 0.15) is 5.56 Å². The summed E-state index contributed by atoms with van der Waals surface area (Å²) in [7, 11) is 1.71. The molecule has 0 aliphatic rings. The third-order valence-electron chi connectivity index (χ3n) is 2.03. The number of aromatic nitrogens is 2. The molecule has 0 saturated heterocycles. The quantitative estimate of drug-likeness (QED) is 0.865. The molecule has 0 unspecified atom stereocenters. The normalized spacial score (nSPS) is 9.81. The zero-order valence-electron chi connectivity index (χ0n) is 8.36. The van der Waals surface area contributed by atoms with Crippen molar-refractivity contribution in [1.82, 2.24) is 8.75 Å². The first-order chi connectivity index (χ1) is 7.74. The topological polar surface area (TPSA) is 61.6 Å². The van der Waals surface area contributed by atoms with Crippen molar-refractivity contribution in [2.75, 3.05) is 12.4 Å². The standard InChI is InChI=1S/C10H7FN4S/c1-13-10-9(14-16-15-10)7-2-6(5-12)3-8(11)4-7/h2-4H,1H3,(H,13,15). The van der Waals surface area contributed by atoms with E-state index in [0.29, 0.717) is 17.1 Å². The van der Waals surface area contributed by atoms with Crippen LogP contribution in [-0.4, -0.2) is 15.8 Å². The van der Waals surface area contributed by atoms with E-state index in [2.05, 4.69) is 14.1 Å². The lowest BCUT2D eigenvalue weighted by molar-refractivity contribution is 0.628. The summed E-state index contributed by atoms with van der Waals surface area (Å²) >= 11 is 1.04. The van der Waals surface area contributed by atoms with Crippen molar-refractivity contribution in [2.24, 2.45) is 0 Å². The highest BCUT2D eigenvalue weighted by Gasteiger charge is 2.11. The van der Waals surface area contributed by atoms with Gasteiger partial charge in [-0.15, -0.1) is 0 Å². The monoisotopic (exact) mass is 234 g/mol. The zero-order valence-corrected chi connectivity index (χ0v) is 9.18. The minimum absolute atomic E-state index is 0.269. The Morgan fingerprint density at radius 3 is 2.88 bits per heavy atom. The van der Waals surface area contributed by atoms with Crippen LogP contribution in [0.3, 0.4) is 0 Å². The summed E-state index contributed by atoms with van der Waals surface area (Å²) in [4.78, 5) is 0. The van der Waals surface area contributed by atoms with Gasteiger partial charge in [-0.05, 0) is 18.2 Å². The number of benzene rings is 1. The van der Waals surface area contributed by atoms with Crippen LogP contribution in [0.15, 0.2) is 18.2 Å². The molecule has 0 bridgehead atoms. The van der Waals surface area contributed by atoms with Gasteiger partial charge in [0, 0.05) is 12.6 Å². The van der Waals surface area contributed by atoms with Gasteiger partial charge in [0.2, 0.25) is 0 Å². The summed E-state index contributed by atoms with van der Waals surface area (Å²) in [5.74, 6) is 0.128. The number of hydrogen-bond donors (Lipinski definition) is 1. The van der Waals surface area contributed by atoms with Crippen LogP contribution < -0.4 is 5.32 Å². The molecule has 1 heterocycles. The third kappa shape index (κ3) is 1.85. The Kier molecular flexibility index (Phi) is 2.79. The zero-order chi connectivity index (χ0) is 11.5. The summed E-state index contributed by atoms with van der Waals surface area (Å²) in [5.41, 5.74) is 1.38. The van der Waals surface area contributed by atoms with Crippen molar-refractivity contribution in [3.63, 3.8) is 0 Å². The molecule has 1 N–H and O–H groups in total. The van der Waals surface area contributed by atoms with Gasteiger partial charge in [0.25, 0.3) is 0 Å². The minimum atomic E-state index is -0.455. The van der Waals surface area contributed by atoms with E-state index in [1.165, 1.54) is 12.1 Å². The van der Waals surface area contributed by atoms with Crippen LogP contribution in [0.25, 0.3) is 11.3 Å². The maximum absolute atomic E-state index is 13.2. The number of nitrogens with zero attached hydrogens (tertiary/aromatic N) is 3. The molecule has 16 heavy (non-hydrogen) atoms. The van der Waals surface area contributed by atoms with Crippen molar-refractivity contribution in [1.29, 1.82) is 5.26 Å². The van der Waals surface area contributed by atoms with Gasteiger partial charge in [-0.2, -0.15) is 14.0 Å². The van der Waals surface area contributed by atoms with Crippen molar-refractivity contribution in [3.05, 3.63) is 29.6 Å². The lowest BCUT2D eigenvalue weighted by Crippen LogP contribution is -1.92. The molecule has 0 fully saturated rings. The van der Waals surface area contributed by atoms with E-state index in [-0.39, 0.29) is 5.56 Å². The maximum atomic E-state index is 13.2. The van der Waals surface area contributed by atoms with Gasteiger partial charge in [0.05, 0.1) is 23.4 Å². The van der Waals surface area contributed by atoms with E-state index in [4.69, 9.17) is 5.26 Å². The van der Waals surface area contributed by atoms with Gasteiger partial charge in [-0.1, -0.05) is 0 Å².